The molecule has 1 unspecified atom stereocenters. The summed E-state index contributed by atoms with van der Waals surface area (Å²) in [5.41, 5.74) is 4.08. The van der Waals surface area contributed by atoms with E-state index in [9.17, 15) is 10.1 Å². The first-order valence-corrected chi connectivity index (χ1v) is 13.6. The smallest absolute Gasteiger partial charge is 0.271 e. The van der Waals surface area contributed by atoms with E-state index >= 15 is 0 Å². The minimum atomic E-state index is -0.281. The number of hydrogen-bond donors (Lipinski definition) is 0. The van der Waals surface area contributed by atoms with E-state index in [-0.39, 0.29) is 28.4 Å². The van der Waals surface area contributed by atoms with Crippen molar-refractivity contribution < 1.29 is 0 Å². The van der Waals surface area contributed by atoms with E-state index < -0.39 is 0 Å². The monoisotopic (exact) mass is 565 g/mol. The van der Waals surface area contributed by atoms with Crippen LogP contribution in [0, 0.1) is 11.3 Å². The standard InChI is InChI=1S/C29H26Cl3N5O/c1-3-23-17-36(28-25(32)29(38)35(2)24-13-12-22(16-33)34-26(24)28)14-15-37(23)27(18-4-8-20(30)9-5-18)19-6-10-21(31)11-7-19/h4-13,23,27H,3,14-15,17H2,1-2H3. The Morgan fingerprint density at radius 3 is 2.13 bits per heavy atom. The number of hydrogen-bond acceptors (Lipinski definition) is 5. The zero-order valence-electron chi connectivity index (χ0n) is 21.0. The summed E-state index contributed by atoms with van der Waals surface area (Å²) < 4.78 is 1.49. The quantitative estimate of drug-likeness (QED) is 0.278. The Balaban J connectivity index is 1.57. The average Bonchev–Trinajstić information content (AvgIpc) is 2.94. The van der Waals surface area contributed by atoms with Crippen LogP contribution in [0.1, 0.15) is 36.2 Å². The van der Waals surface area contributed by atoms with Gasteiger partial charge >= 0.3 is 0 Å². The first-order valence-electron chi connectivity index (χ1n) is 12.4. The zero-order valence-corrected chi connectivity index (χ0v) is 23.3. The molecule has 9 heteroatoms. The van der Waals surface area contributed by atoms with E-state index in [1.54, 1.807) is 19.2 Å². The normalized spacial score (nSPS) is 16.2. The fraction of sp³-hybridized carbons (Fsp3) is 0.276. The summed E-state index contributed by atoms with van der Waals surface area (Å²) >= 11 is 19.1. The first kappa shape index (κ1) is 26.5. The number of nitriles is 1. The van der Waals surface area contributed by atoms with Crippen molar-refractivity contribution in [2.24, 2.45) is 7.05 Å². The maximum atomic E-state index is 13.0. The molecule has 2 aromatic carbocycles. The van der Waals surface area contributed by atoms with Crippen molar-refractivity contribution in [2.75, 3.05) is 24.5 Å². The second-order valence-corrected chi connectivity index (χ2v) is 10.7. The van der Waals surface area contributed by atoms with E-state index in [2.05, 4.69) is 52.0 Å². The zero-order chi connectivity index (χ0) is 27.0. The van der Waals surface area contributed by atoms with Crippen LogP contribution >= 0.6 is 34.8 Å². The van der Waals surface area contributed by atoms with Crippen LogP contribution in [-0.2, 0) is 7.05 Å². The lowest BCUT2D eigenvalue weighted by molar-refractivity contribution is 0.135. The molecule has 38 heavy (non-hydrogen) atoms. The number of aromatic nitrogens is 2. The van der Waals surface area contributed by atoms with Crippen LogP contribution in [-0.4, -0.2) is 40.1 Å². The van der Waals surface area contributed by atoms with Gasteiger partial charge < -0.3 is 9.47 Å². The lowest BCUT2D eigenvalue weighted by atomic mass is 9.93. The van der Waals surface area contributed by atoms with Gasteiger partial charge in [0.2, 0.25) is 0 Å². The first-order chi connectivity index (χ1) is 18.3. The fourth-order valence-corrected chi connectivity index (χ4v) is 5.94. The second-order valence-electron chi connectivity index (χ2n) is 9.45. The number of benzene rings is 2. The van der Waals surface area contributed by atoms with Crippen LogP contribution in [0.3, 0.4) is 0 Å². The molecule has 1 aliphatic rings. The van der Waals surface area contributed by atoms with Crippen LogP contribution in [0.4, 0.5) is 5.69 Å². The Morgan fingerprint density at radius 2 is 1.58 bits per heavy atom. The molecule has 3 heterocycles. The topological polar surface area (TPSA) is 65.2 Å². The van der Waals surface area contributed by atoms with Crippen LogP contribution in [0.15, 0.2) is 65.5 Å². The van der Waals surface area contributed by atoms with Gasteiger partial charge in [0, 0.05) is 42.8 Å². The van der Waals surface area contributed by atoms with Gasteiger partial charge in [0.15, 0.2) is 0 Å². The number of halogens is 3. The molecule has 1 atom stereocenters. The summed E-state index contributed by atoms with van der Waals surface area (Å²) in [6, 6.07) is 21.6. The minimum absolute atomic E-state index is 0.00388. The van der Waals surface area contributed by atoms with Crippen molar-refractivity contribution in [1.82, 2.24) is 14.5 Å². The molecule has 0 amide bonds. The lowest BCUT2D eigenvalue weighted by Gasteiger charge is -2.46. The van der Waals surface area contributed by atoms with Gasteiger partial charge in [-0.2, -0.15) is 5.26 Å². The number of rotatable bonds is 5. The van der Waals surface area contributed by atoms with Crippen LogP contribution in [0.5, 0.6) is 0 Å². The van der Waals surface area contributed by atoms with Gasteiger partial charge in [-0.3, -0.25) is 9.69 Å². The van der Waals surface area contributed by atoms with Crippen molar-refractivity contribution >= 4 is 51.5 Å². The summed E-state index contributed by atoms with van der Waals surface area (Å²) in [7, 11) is 1.67. The molecule has 0 radical (unpaired) electrons. The van der Waals surface area contributed by atoms with E-state index in [0.29, 0.717) is 39.9 Å². The molecule has 0 saturated carbocycles. The molecule has 6 nitrogen and oxygen atoms in total. The number of fused-ring (bicyclic) bond motifs is 1. The summed E-state index contributed by atoms with van der Waals surface area (Å²) in [5.74, 6) is 0. The third kappa shape index (κ3) is 4.88. The molecule has 5 rings (SSSR count). The second kappa shape index (κ2) is 11.0. The van der Waals surface area contributed by atoms with Gasteiger partial charge in [0.1, 0.15) is 22.3 Å². The Bertz CT molecular complexity index is 1530. The maximum absolute atomic E-state index is 13.0. The predicted octanol–water partition coefficient (Wildman–Crippen LogP) is 6.46. The van der Waals surface area contributed by atoms with Gasteiger partial charge in [-0.05, 0) is 53.9 Å². The van der Waals surface area contributed by atoms with E-state index in [1.807, 2.05) is 24.3 Å². The minimum Gasteiger partial charge on any atom is -0.365 e. The third-order valence-corrected chi connectivity index (χ3v) is 8.14. The number of nitrogens with zero attached hydrogens (tertiary/aromatic N) is 5. The van der Waals surface area contributed by atoms with E-state index in [4.69, 9.17) is 34.8 Å². The van der Waals surface area contributed by atoms with Crippen molar-refractivity contribution in [3.63, 3.8) is 0 Å². The van der Waals surface area contributed by atoms with E-state index in [0.717, 1.165) is 24.1 Å². The van der Waals surface area contributed by atoms with Gasteiger partial charge in [0.05, 0.1) is 17.2 Å². The molecule has 194 valence electrons. The van der Waals surface area contributed by atoms with Crippen LogP contribution < -0.4 is 10.5 Å². The van der Waals surface area contributed by atoms with Gasteiger partial charge in [-0.1, -0.05) is 66.0 Å². The molecule has 4 aromatic rings. The van der Waals surface area contributed by atoms with Gasteiger partial charge in [0.25, 0.3) is 5.56 Å². The van der Waals surface area contributed by atoms with Crippen LogP contribution in [0.25, 0.3) is 11.0 Å². The maximum Gasteiger partial charge on any atom is 0.271 e. The van der Waals surface area contributed by atoms with Crippen molar-refractivity contribution in [3.05, 3.63) is 103 Å². The molecule has 0 aliphatic carbocycles. The lowest BCUT2D eigenvalue weighted by Crippen LogP contribution is -2.54. The highest BCUT2D eigenvalue weighted by Crippen LogP contribution is 2.37. The molecule has 2 aromatic heterocycles. The predicted molar refractivity (Wildman–Crippen MR) is 154 cm³/mol. The SMILES string of the molecule is CCC1CN(c2c(Cl)c(=O)n(C)c3ccc(C#N)nc23)CCN1C(c1ccc(Cl)cc1)c1ccc(Cl)cc1. The summed E-state index contributed by atoms with van der Waals surface area (Å²) in [5, 5.41) is 11.0. The van der Waals surface area contributed by atoms with Gasteiger partial charge in [-0.25, -0.2) is 4.98 Å². The Labute approximate surface area is 236 Å². The summed E-state index contributed by atoms with van der Waals surface area (Å²) in [4.78, 5) is 22.2. The summed E-state index contributed by atoms with van der Waals surface area (Å²) in [6.07, 6.45) is 0.880. The summed E-state index contributed by atoms with van der Waals surface area (Å²) in [6.45, 7) is 4.17. The number of aryl methyl sites for hydroxylation is 1. The van der Waals surface area contributed by atoms with Crippen molar-refractivity contribution in [1.29, 1.82) is 5.26 Å². The molecular formula is C29H26Cl3N5O. The average molecular weight is 567 g/mol. The number of anilines is 1. The molecule has 1 saturated heterocycles. The van der Waals surface area contributed by atoms with Crippen molar-refractivity contribution in [3.8, 4) is 6.07 Å². The Hall–Kier alpha value is -3.08. The largest absolute Gasteiger partial charge is 0.365 e. The number of pyridine rings is 2. The third-order valence-electron chi connectivity index (χ3n) is 7.29. The number of piperazine rings is 1. The molecule has 1 fully saturated rings. The van der Waals surface area contributed by atoms with Crippen molar-refractivity contribution in [2.45, 2.75) is 25.4 Å². The highest BCUT2D eigenvalue weighted by molar-refractivity contribution is 6.34. The fourth-order valence-electron chi connectivity index (χ4n) is 5.35. The Kier molecular flexibility index (Phi) is 7.65. The van der Waals surface area contributed by atoms with E-state index in [1.165, 1.54) is 4.57 Å². The molecule has 1 aliphatic heterocycles. The molecule has 0 N–H and O–H groups in total. The molecule has 0 bridgehead atoms. The Morgan fingerprint density at radius 1 is 0.974 bits per heavy atom. The molecular weight excluding hydrogens is 541 g/mol. The highest BCUT2D eigenvalue weighted by Gasteiger charge is 2.35. The highest BCUT2D eigenvalue weighted by atomic mass is 35.5. The van der Waals surface area contributed by atoms with Gasteiger partial charge in [-0.15, -0.1) is 0 Å². The molecule has 0 spiro atoms. The van der Waals surface area contributed by atoms with Crippen LogP contribution in [0.2, 0.25) is 15.1 Å².